The molecule has 0 N–H and O–H groups in total. The van der Waals surface area contributed by atoms with E-state index in [4.69, 9.17) is 27.9 Å². The van der Waals surface area contributed by atoms with Gasteiger partial charge in [-0.25, -0.2) is 0 Å². The second-order valence-electron chi connectivity index (χ2n) is 3.62. The normalized spacial score (nSPS) is 12.4. The van der Waals surface area contributed by atoms with Gasteiger partial charge in [-0.2, -0.15) is 0 Å². The number of halogens is 2. The van der Waals surface area contributed by atoms with E-state index in [-0.39, 0.29) is 11.1 Å². The zero-order chi connectivity index (χ0) is 12.8. The van der Waals surface area contributed by atoms with Gasteiger partial charge in [0.25, 0.3) is 5.69 Å². The Bertz CT molecular complexity index is 398. The molecule has 0 amide bonds. The molecule has 94 valence electrons. The predicted octanol–water partition coefficient (Wildman–Crippen LogP) is 3.43. The van der Waals surface area contributed by atoms with Gasteiger partial charge in [0.15, 0.2) is 0 Å². The molecule has 0 heterocycles. The highest BCUT2D eigenvalue weighted by Crippen LogP contribution is 2.24. The molecular weight excluding hydrogens is 265 g/mol. The Hall–Kier alpha value is -0.840. The number of aryl methyl sites for hydroxylation is 1. The van der Waals surface area contributed by atoms with Gasteiger partial charge >= 0.3 is 0 Å². The molecule has 0 fully saturated rings. The fourth-order valence-corrected chi connectivity index (χ4v) is 1.93. The van der Waals surface area contributed by atoms with Crippen LogP contribution in [0.25, 0.3) is 0 Å². The number of rotatable bonds is 6. The summed E-state index contributed by atoms with van der Waals surface area (Å²) in [6, 6.07) is 4.47. The van der Waals surface area contributed by atoms with Crippen molar-refractivity contribution in [3.8, 4) is 0 Å². The van der Waals surface area contributed by atoms with Gasteiger partial charge in [-0.05, 0) is 18.4 Å². The van der Waals surface area contributed by atoms with E-state index in [1.807, 2.05) is 0 Å². The summed E-state index contributed by atoms with van der Waals surface area (Å²) in [6.07, 6.45) is 1.39. The molecule has 0 saturated carbocycles. The summed E-state index contributed by atoms with van der Waals surface area (Å²) < 4.78 is 4.92. The fraction of sp³-hybridized carbons (Fsp3) is 0.455. The highest BCUT2D eigenvalue weighted by atomic mass is 35.5. The lowest BCUT2D eigenvalue weighted by molar-refractivity contribution is -0.384. The van der Waals surface area contributed by atoms with Crippen molar-refractivity contribution in [1.82, 2.24) is 0 Å². The van der Waals surface area contributed by atoms with Gasteiger partial charge < -0.3 is 4.74 Å². The molecule has 17 heavy (non-hydrogen) atoms. The Balaban J connectivity index is 2.63. The number of nitro groups is 1. The van der Waals surface area contributed by atoms with Crippen molar-refractivity contribution in [3.05, 3.63) is 38.9 Å². The van der Waals surface area contributed by atoms with E-state index >= 15 is 0 Å². The van der Waals surface area contributed by atoms with Crippen LogP contribution in [0.1, 0.15) is 12.0 Å². The number of hydrogen-bond donors (Lipinski definition) is 0. The molecule has 1 aromatic rings. The number of nitro benzene ring substituents is 1. The molecule has 0 aliphatic carbocycles. The SMILES string of the molecule is COCC(Cl)CCc1ccc([N+](=O)[O-])cc1Cl. The summed E-state index contributed by atoms with van der Waals surface area (Å²) in [4.78, 5) is 10.1. The lowest BCUT2D eigenvalue weighted by atomic mass is 10.1. The van der Waals surface area contributed by atoms with E-state index in [0.29, 0.717) is 24.5 Å². The van der Waals surface area contributed by atoms with Gasteiger partial charge in [0, 0.05) is 19.2 Å². The van der Waals surface area contributed by atoms with Gasteiger partial charge in [0.1, 0.15) is 0 Å². The van der Waals surface area contributed by atoms with Crippen LogP contribution in [0, 0.1) is 10.1 Å². The zero-order valence-corrected chi connectivity index (χ0v) is 10.9. The smallest absolute Gasteiger partial charge is 0.270 e. The van der Waals surface area contributed by atoms with Crippen molar-refractivity contribution in [2.75, 3.05) is 13.7 Å². The molecular formula is C11H13Cl2NO3. The molecule has 1 rings (SSSR count). The van der Waals surface area contributed by atoms with E-state index in [2.05, 4.69) is 0 Å². The molecule has 1 aromatic carbocycles. The lowest BCUT2D eigenvalue weighted by Crippen LogP contribution is -2.08. The molecule has 0 aromatic heterocycles. The van der Waals surface area contributed by atoms with Crippen molar-refractivity contribution in [2.45, 2.75) is 18.2 Å². The summed E-state index contributed by atoms with van der Waals surface area (Å²) in [6.45, 7) is 0.478. The first-order valence-electron chi connectivity index (χ1n) is 5.10. The van der Waals surface area contributed by atoms with Crippen molar-refractivity contribution in [1.29, 1.82) is 0 Å². The Kier molecular flexibility index (Phi) is 5.68. The van der Waals surface area contributed by atoms with Crippen LogP contribution in [-0.4, -0.2) is 24.0 Å². The third-order valence-corrected chi connectivity index (χ3v) is 3.02. The van der Waals surface area contributed by atoms with Gasteiger partial charge in [-0.3, -0.25) is 10.1 Å². The number of alkyl halides is 1. The first kappa shape index (κ1) is 14.2. The van der Waals surface area contributed by atoms with Crippen molar-refractivity contribution in [2.24, 2.45) is 0 Å². The van der Waals surface area contributed by atoms with E-state index in [1.54, 1.807) is 13.2 Å². The molecule has 0 bridgehead atoms. The van der Waals surface area contributed by atoms with Crippen LogP contribution in [0.15, 0.2) is 18.2 Å². The minimum Gasteiger partial charge on any atom is -0.383 e. The summed E-state index contributed by atoms with van der Waals surface area (Å²) in [5.41, 5.74) is 0.858. The third kappa shape index (κ3) is 4.50. The van der Waals surface area contributed by atoms with Gasteiger partial charge in [-0.1, -0.05) is 17.7 Å². The van der Waals surface area contributed by atoms with E-state index in [1.165, 1.54) is 12.1 Å². The standard InChI is InChI=1S/C11H13Cl2NO3/c1-17-7-9(12)4-2-8-3-5-10(14(15)16)6-11(8)13/h3,5-6,9H,2,4,7H2,1H3. The summed E-state index contributed by atoms with van der Waals surface area (Å²) >= 11 is 11.9. The fourth-order valence-electron chi connectivity index (χ4n) is 1.43. The minimum absolute atomic E-state index is 0.00179. The Morgan fingerprint density at radius 3 is 2.76 bits per heavy atom. The van der Waals surface area contributed by atoms with Crippen LogP contribution in [0.4, 0.5) is 5.69 Å². The number of benzene rings is 1. The maximum absolute atomic E-state index is 10.5. The molecule has 1 atom stereocenters. The average Bonchev–Trinajstić information content (AvgIpc) is 2.27. The number of ether oxygens (including phenoxy) is 1. The van der Waals surface area contributed by atoms with Crippen LogP contribution >= 0.6 is 23.2 Å². The second-order valence-corrected chi connectivity index (χ2v) is 4.65. The summed E-state index contributed by atoms with van der Waals surface area (Å²) in [7, 11) is 1.59. The van der Waals surface area contributed by atoms with Gasteiger partial charge in [0.05, 0.1) is 21.9 Å². The zero-order valence-electron chi connectivity index (χ0n) is 9.36. The molecule has 0 aliphatic rings. The largest absolute Gasteiger partial charge is 0.383 e. The molecule has 4 nitrogen and oxygen atoms in total. The topological polar surface area (TPSA) is 52.4 Å². The Morgan fingerprint density at radius 1 is 1.53 bits per heavy atom. The number of non-ortho nitro benzene ring substituents is 1. The first-order valence-corrected chi connectivity index (χ1v) is 5.92. The Labute approximate surface area is 110 Å². The van der Waals surface area contributed by atoms with Crippen LogP contribution in [0.3, 0.4) is 0 Å². The van der Waals surface area contributed by atoms with E-state index in [9.17, 15) is 10.1 Å². The third-order valence-electron chi connectivity index (χ3n) is 2.32. The van der Waals surface area contributed by atoms with Crippen molar-refractivity contribution in [3.63, 3.8) is 0 Å². The average molecular weight is 278 g/mol. The maximum atomic E-state index is 10.5. The molecule has 0 saturated heterocycles. The highest BCUT2D eigenvalue weighted by Gasteiger charge is 2.11. The van der Waals surface area contributed by atoms with E-state index < -0.39 is 4.92 Å². The molecule has 0 spiro atoms. The quantitative estimate of drug-likeness (QED) is 0.455. The lowest BCUT2D eigenvalue weighted by Gasteiger charge is -2.08. The Morgan fingerprint density at radius 2 is 2.24 bits per heavy atom. The van der Waals surface area contributed by atoms with Crippen LogP contribution < -0.4 is 0 Å². The number of nitrogens with zero attached hydrogens (tertiary/aromatic N) is 1. The second kappa shape index (κ2) is 6.79. The first-order chi connectivity index (χ1) is 8.04. The van der Waals surface area contributed by atoms with Gasteiger partial charge in [-0.15, -0.1) is 11.6 Å². The van der Waals surface area contributed by atoms with Crippen LogP contribution in [-0.2, 0) is 11.2 Å². The molecule has 6 heteroatoms. The molecule has 1 unspecified atom stereocenters. The predicted molar refractivity (Wildman–Crippen MR) is 67.9 cm³/mol. The summed E-state index contributed by atoms with van der Waals surface area (Å²) in [5, 5.41) is 10.9. The van der Waals surface area contributed by atoms with Crippen LogP contribution in [0.2, 0.25) is 5.02 Å². The summed E-state index contributed by atoms with van der Waals surface area (Å²) in [5.74, 6) is 0. The highest BCUT2D eigenvalue weighted by molar-refractivity contribution is 6.31. The van der Waals surface area contributed by atoms with E-state index in [0.717, 1.165) is 5.56 Å². The maximum Gasteiger partial charge on any atom is 0.270 e. The van der Waals surface area contributed by atoms with Gasteiger partial charge in [0.2, 0.25) is 0 Å². The molecule has 0 radical (unpaired) electrons. The van der Waals surface area contributed by atoms with Crippen LogP contribution in [0.5, 0.6) is 0 Å². The van der Waals surface area contributed by atoms with Crippen molar-refractivity contribution < 1.29 is 9.66 Å². The number of hydrogen-bond acceptors (Lipinski definition) is 3. The minimum atomic E-state index is -0.467. The molecule has 0 aliphatic heterocycles. The number of methoxy groups -OCH3 is 1. The monoisotopic (exact) mass is 277 g/mol. The van der Waals surface area contributed by atoms with Crippen molar-refractivity contribution >= 4 is 28.9 Å².